The Bertz CT molecular complexity index is 789. The second-order valence-corrected chi connectivity index (χ2v) is 5.57. The average Bonchev–Trinajstić information content (AvgIpc) is 3.17. The molecule has 7 heteroatoms. The van der Waals surface area contributed by atoms with Crippen LogP contribution in [-0.2, 0) is 0 Å². The minimum absolute atomic E-state index is 0.307. The Morgan fingerprint density at radius 2 is 1.82 bits per heavy atom. The predicted octanol–water partition coefficient (Wildman–Crippen LogP) is 4.35. The molecule has 0 aliphatic rings. The number of thiophene rings is 1. The standard InChI is InChI=1S/C15H9F3N2OS/c16-15(17,18)14(21)13-7-6-12(22-13)10-2-4-11(5-3-10)20-9-1-8-19-20/h1-9H. The summed E-state index contributed by atoms with van der Waals surface area (Å²) in [5.74, 6) is -1.81. The first-order chi connectivity index (χ1) is 10.4. The van der Waals surface area contributed by atoms with Gasteiger partial charge in [0.05, 0.1) is 10.6 Å². The van der Waals surface area contributed by atoms with Crippen LogP contribution >= 0.6 is 11.3 Å². The summed E-state index contributed by atoms with van der Waals surface area (Å²) in [6.45, 7) is 0. The molecule has 0 fully saturated rings. The van der Waals surface area contributed by atoms with Crippen molar-refractivity contribution in [3.05, 3.63) is 59.7 Å². The molecular weight excluding hydrogens is 313 g/mol. The van der Waals surface area contributed by atoms with Crippen LogP contribution in [0.5, 0.6) is 0 Å². The molecule has 2 aromatic heterocycles. The SMILES string of the molecule is O=C(c1ccc(-c2ccc(-n3cccn3)cc2)s1)C(F)(F)F. The van der Waals surface area contributed by atoms with E-state index >= 15 is 0 Å². The molecular formula is C15H9F3N2OS. The molecule has 3 aromatic rings. The van der Waals surface area contributed by atoms with Crippen LogP contribution in [0, 0.1) is 0 Å². The molecule has 0 bridgehead atoms. The van der Waals surface area contributed by atoms with E-state index in [9.17, 15) is 18.0 Å². The van der Waals surface area contributed by atoms with E-state index < -0.39 is 12.0 Å². The van der Waals surface area contributed by atoms with E-state index in [1.807, 2.05) is 12.1 Å². The minimum atomic E-state index is -4.84. The van der Waals surface area contributed by atoms with Crippen LogP contribution in [0.25, 0.3) is 16.1 Å². The van der Waals surface area contributed by atoms with E-state index in [1.165, 1.54) is 12.1 Å². The molecule has 1 aromatic carbocycles. The van der Waals surface area contributed by atoms with Gasteiger partial charge in [-0.2, -0.15) is 18.3 Å². The summed E-state index contributed by atoms with van der Waals surface area (Å²) in [5, 5.41) is 4.09. The maximum absolute atomic E-state index is 12.4. The monoisotopic (exact) mass is 322 g/mol. The number of aromatic nitrogens is 2. The molecule has 0 saturated heterocycles. The number of hydrogen-bond donors (Lipinski definition) is 0. The summed E-state index contributed by atoms with van der Waals surface area (Å²) in [7, 11) is 0. The van der Waals surface area contributed by atoms with Gasteiger partial charge in [0.1, 0.15) is 0 Å². The Morgan fingerprint density at radius 3 is 2.41 bits per heavy atom. The lowest BCUT2D eigenvalue weighted by atomic mass is 10.2. The molecule has 0 amide bonds. The smallest absolute Gasteiger partial charge is 0.283 e. The van der Waals surface area contributed by atoms with Crippen molar-refractivity contribution in [3.63, 3.8) is 0 Å². The zero-order chi connectivity index (χ0) is 15.7. The van der Waals surface area contributed by atoms with E-state index in [0.717, 1.165) is 22.6 Å². The molecule has 3 rings (SSSR count). The summed E-state index contributed by atoms with van der Waals surface area (Å²) in [6.07, 6.45) is -1.39. The first kappa shape index (κ1) is 14.5. The maximum atomic E-state index is 12.4. The van der Waals surface area contributed by atoms with Crippen molar-refractivity contribution in [2.45, 2.75) is 6.18 Å². The van der Waals surface area contributed by atoms with Gasteiger partial charge in [-0.15, -0.1) is 11.3 Å². The van der Waals surface area contributed by atoms with Gasteiger partial charge in [0, 0.05) is 17.3 Å². The Labute approximate surface area is 127 Å². The summed E-state index contributed by atoms with van der Waals surface area (Å²) in [6, 6.07) is 11.7. The van der Waals surface area contributed by atoms with Gasteiger partial charge in [-0.05, 0) is 35.9 Å². The molecule has 0 aliphatic carbocycles. The third-order valence-electron chi connectivity index (χ3n) is 3.01. The van der Waals surface area contributed by atoms with Gasteiger partial charge < -0.3 is 0 Å². The van der Waals surface area contributed by atoms with Crippen molar-refractivity contribution < 1.29 is 18.0 Å². The van der Waals surface area contributed by atoms with Gasteiger partial charge in [-0.25, -0.2) is 4.68 Å². The third kappa shape index (κ3) is 2.80. The normalized spacial score (nSPS) is 11.6. The fourth-order valence-corrected chi connectivity index (χ4v) is 2.93. The van der Waals surface area contributed by atoms with Crippen molar-refractivity contribution >= 4 is 17.1 Å². The second kappa shape index (κ2) is 5.42. The summed E-state index contributed by atoms with van der Waals surface area (Å²) < 4.78 is 38.9. The Balaban J connectivity index is 1.86. The molecule has 112 valence electrons. The van der Waals surface area contributed by atoms with Crippen LogP contribution in [0.2, 0.25) is 0 Å². The molecule has 0 unspecified atom stereocenters. The highest BCUT2D eigenvalue weighted by molar-refractivity contribution is 7.17. The lowest BCUT2D eigenvalue weighted by Gasteiger charge is -2.03. The second-order valence-electron chi connectivity index (χ2n) is 4.49. The van der Waals surface area contributed by atoms with Gasteiger partial charge >= 0.3 is 6.18 Å². The highest BCUT2D eigenvalue weighted by atomic mass is 32.1. The fourth-order valence-electron chi connectivity index (χ4n) is 1.95. The van der Waals surface area contributed by atoms with E-state index in [4.69, 9.17) is 0 Å². The topological polar surface area (TPSA) is 34.9 Å². The predicted molar refractivity (Wildman–Crippen MR) is 77.3 cm³/mol. The van der Waals surface area contributed by atoms with Crippen LogP contribution in [0.1, 0.15) is 9.67 Å². The number of benzene rings is 1. The number of Topliss-reactive ketones (excluding diaryl/α,β-unsaturated/α-hetero) is 1. The molecule has 0 saturated carbocycles. The highest BCUT2D eigenvalue weighted by Crippen LogP contribution is 2.32. The summed E-state index contributed by atoms with van der Waals surface area (Å²) >= 11 is 0.832. The van der Waals surface area contributed by atoms with Crippen LogP contribution in [0.3, 0.4) is 0 Å². The van der Waals surface area contributed by atoms with E-state index in [2.05, 4.69) is 5.10 Å². The maximum Gasteiger partial charge on any atom is 0.455 e. The number of alkyl halides is 3. The van der Waals surface area contributed by atoms with Crippen LogP contribution in [0.15, 0.2) is 54.9 Å². The van der Waals surface area contributed by atoms with Gasteiger partial charge in [0.25, 0.3) is 5.78 Å². The lowest BCUT2D eigenvalue weighted by molar-refractivity contribution is -0.0882. The van der Waals surface area contributed by atoms with E-state index in [0.29, 0.717) is 4.88 Å². The van der Waals surface area contributed by atoms with Crippen LogP contribution in [0.4, 0.5) is 13.2 Å². The molecule has 22 heavy (non-hydrogen) atoms. The summed E-state index contributed by atoms with van der Waals surface area (Å²) in [4.78, 5) is 11.5. The molecule has 0 spiro atoms. The van der Waals surface area contributed by atoms with Gasteiger partial charge in [-0.1, -0.05) is 12.1 Å². The zero-order valence-electron chi connectivity index (χ0n) is 11.0. The zero-order valence-corrected chi connectivity index (χ0v) is 11.9. The first-order valence-electron chi connectivity index (χ1n) is 6.27. The van der Waals surface area contributed by atoms with E-state index in [1.54, 1.807) is 35.3 Å². The third-order valence-corrected chi connectivity index (χ3v) is 4.14. The van der Waals surface area contributed by atoms with Gasteiger partial charge in [-0.3, -0.25) is 4.79 Å². The number of nitrogens with zero attached hydrogens (tertiary/aromatic N) is 2. The van der Waals surface area contributed by atoms with Crippen LogP contribution in [-0.4, -0.2) is 21.7 Å². The molecule has 0 aliphatic heterocycles. The van der Waals surface area contributed by atoms with Gasteiger partial charge in [0.15, 0.2) is 0 Å². The number of halogens is 3. The van der Waals surface area contributed by atoms with Gasteiger partial charge in [0.2, 0.25) is 0 Å². The summed E-state index contributed by atoms with van der Waals surface area (Å²) in [5.41, 5.74) is 1.60. The number of carbonyl (C=O) groups is 1. The molecule has 0 N–H and O–H groups in total. The molecule has 2 heterocycles. The van der Waals surface area contributed by atoms with Crippen molar-refractivity contribution in [3.8, 4) is 16.1 Å². The number of ketones is 1. The minimum Gasteiger partial charge on any atom is -0.283 e. The first-order valence-corrected chi connectivity index (χ1v) is 7.08. The van der Waals surface area contributed by atoms with Crippen molar-refractivity contribution in [1.29, 1.82) is 0 Å². The number of rotatable bonds is 3. The average molecular weight is 322 g/mol. The Hall–Kier alpha value is -2.41. The Morgan fingerprint density at radius 1 is 1.09 bits per heavy atom. The highest BCUT2D eigenvalue weighted by Gasteiger charge is 2.40. The lowest BCUT2D eigenvalue weighted by Crippen LogP contribution is -2.21. The van der Waals surface area contributed by atoms with Crippen molar-refractivity contribution in [2.75, 3.05) is 0 Å². The fraction of sp³-hybridized carbons (Fsp3) is 0.0667. The van der Waals surface area contributed by atoms with Crippen molar-refractivity contribution in [2.24, 2.45) is 0 Å². The quantitative estimate of drug-likeness (QED) is 0.672. The largest absolute Gasteiger partial charge is 0.455 e. The van der Waals surface area contributed by atoms with Crippen LogP contribution < -0.4 is 0 Å². The Kier molecular flexibility index (Phi) is 3.58. The number of carbonyl (C=O) groups excluding carboxylic acids is 1. The van der Waals surface area contributed by atoms with Crippen molar-refractivity contribution in [1.82, 2.24) is 9.78 Å². The molecule has 0 radical (unpaired) electrons. The van der Waals surface area contributed by atoms with E-state index in [-0.39, 0.29) is 4.88 Å². The number of hydrogen-bond acceptors (Lipinski definition) is 3. The molecule has 3 nitrogen and oxygen atoms in total. The molecule has 0 atom stereocenters.